The molecular weight excluding hydrogens is 272 g/mol. The summed E-state index contributed by atoms with van der Waals surface area (Å²) in [5, 5.41) is 3.97. The van der Waals surface area contributed by atoms with Crippen LogP contribution in [0.3, 0.4) is 0 Å². The van der Waals surface area contributed by atoms with Crippen molar-refractivity contribution in [1.82, 2.24) is 4.98 Å². The summed E-state index contributed by atoms with van der Waals surface area (Å²) in [5.41, 5.74) is 2.99. The van der Waals surface area contributed by atoms with Crippen molar-refractivity contribution in [3.8, 4) is 0 Å². The molecular formula is C19H18N2O. The molecule has 110 valence electrons. The molecule has 1 heterocycles. The molecule has 1 amide bonds. The number of anilines is 1. The highest BCUT2D eigenvalue weighted by molar-refractivity contribution is 6.00. The minimum atomic E-state index is 0.0484. The van der Waals surface area contributed by atoms with E-state index in [1.807, 2.05) is 48.5 Å². The molecule has 1 aromatic heterocycles. The zero-order valence-corrected chi connectivity index (χ0v) is 12.3. The van der Waals surface area contributed by atoms with Crippen molar-refractivity contribution >= 4 is 22.5 Å². The molecule has 0 saturated carbocycles. The van der Waals surface area contributed by atoms with Gasteiger partial charge in [-0.3, -0.25) is 9.78 Å². The van der Waals surface area contributed by atoms with Crippen LogP contribution >= 0.6 is 0 Å². The van der Waals surface area contributed by atoms with E-state index in [2.05, 4.69) is 22.4 Å². The predicted molar refractivity (Wildman–Crippen MR) is 89.8 cm³/mol. The first-order valence-corrected chi connectivity index (χ1v) is 7.50. The van der Waals surface area contributed by atoms with Crippen LogP contribution in [0.2, 0.25) is 0 Å². The van der Waals surface area contributed by atoms with Crippen LogP contribution in [-0.4, -0.2) is 10.9 Å². The second-order valence-electron chi connectivity index (χ2n) is 5.26. The highest BCUT2D eigenvalue weighted by Crippen LogP contribution is 2.21. The monoisotopic (exact) mass is 290 g/mol. The Kier molecular flexibility index (Phi) is 4.44. The molecule has 0 radical (unpaired) electrons. The van der Waals surface area contributed by atoms with E-state index in [4.69, 9.17) is 0 Å². The number of aromatic nitrogens is 1. The van der Waals surface area contributed by atoms with Gasteiger partial charge < -0.3 is 5.32 Å². The Balaban J connectivity index is 1.59. The molecule has 3 rings (SSSR count). The number of nitrogens with zero attached hydrogens (tertiary/aromatic N) is 1. The summed E-state index contributed by atoms with van der Waals surface area (Å²) >= 11 is 0. The molecule has 1 N–H and O–H groups in total. The average Bonchev–Trinajstić information content (AvgIpc) is 2.56. The minimum absolute atomic E-state index is 0.0484. The Morgan fingerprint density at radius 1 is 0.955 bits per heavy atom. The number of amides is 1. The SMILES string of the molecule is O=C(CCCc1ccccc1)Nc1cccc2ncccc12. The lowest BCUT2D eigenvalue weighted by atomic mass is 10.1. The molecule has 0 saturated heterocycles. The quantitative estimate of drug-likeness (QED) is 0.765. The zero-order valence-electron chi connectivity index (χ0n) is 12.3. The van der Waals surface area contributed by atoms with Crippen LogP contribution in [-0.2, 0) is 11.2 Å². The van der Waals surface area contributed by atoms with Crippen LogP contribution in [0.25, 0.3) is 10.9 Å². The van der Waals surface area contributed by atoms with Crippen LogP contribution in [0.15, 0.2) is 66.9 Å². The fourth-order valence-corrected chi connectivity index (χ4v) is 2.52. The summed E-state index contributed by atoms with van der Waals surface area (Å²) in [7, 11) is 0. The Labute approximate surface area is 130 Å². The molecule has 0 aliphatic heterocycles. The Bertz CT molecular complexity index is 763. The largest absolute Gasteiger partial charge is 0.325 e. The lowest BCUT2D eigenvalue weighted by Crippen LogP contribution is -2.11. The normalized spacial score (nSPS) is 10.5. The van der Waals surface area contributed by atoms with E-state index >= 15 is 0 Å². The molecule has 2 aromatic carbocycles. The topological polar surface area (TPSA) is 42.0 Å². The maximum atomic E-state index is 12.1. The van der Waals surface area contributed by atoms with Gasteiger partial charge >= 0.3 is 0 Å². The van der Waals surface area contributed by atoms with E-state index in [1.165, 1.54) is 5.56 Å². The molecule has 0 unspecified atom stereocenters. The van der Waals surface area contributed by atoms with E-state index in [0.717, 1.165) is 29.4 Å². The van der Waals surface area contributed by atoms with Gasteiger partial charge in [0.15, 0.2) is 0 Å². The number of carbonyl (C=O) groups excluding carboxylic acids is 1. The lowest BCUT2D eigenvalue weighted by Gasteiger charge is -2.08. The first-order chi connectivity index (χ1) is 10.8. The smallest absolute Gasteiger partial charge is 0.224 e. The second-order valence-corrected chi connectivity index (χ2v) is 5.26. The highest BCUT2D eigenvalue weighted by Gasteiger charge is 2.06. The minimum Gasteiger partial charge on any atom is -0.325 e. The van der Waals surface area contributed by atoms with E-state index in [9.17, 15) is 4.79 Å². The summed E-state index contributed by atoms with van der Waals surface area (Å²) < 4.78 is 0. The molecule has 0 spiro atoms. The van der Waals surface area contributed by atoms with Crippen LogP contribution in [0.5, 0.6) is 0 Å². The summed E-state index contributed by atoms with van der Waals surface area (Å²) in [6, 6.07) is 19.9. The van der Waals surface area contributed by atoms with Crippen LogP contribution in [0.4, 0.5) is 5.69 Å². The van der Waals surface area contributed by atoms with Crippen LogP contribution in [0.1, 0.15) is 18.4 Å². The molecule has 0 aliphatic rings. The summed E-state index contributed by atoms with van der Waals surface area (Å²) in [6.45, 7) is 0. The molecule has 0 atom stereocenters. The molecule has 3 nitrogen and oxygen atoms in total. The summed E-state index contributed by atoms with van der Waals surface area (Å²) in [6.07, 6.45) is 4.05. The predicted octanol–water partition coefficient (Wildman–Crippen LogP) is 4.20. The maximum absolute atomic E-state index is 12.1. The van der Waals surface area contributed by atoms with Gasteiger partial charge in [0, 0.05) is 18.0 Å². The van der Waals surface area contributed by atoms with Gasteiger partial charge in [0.1, 0.15) is 0 Å². The van der Waals surface area contributed by atoms with E-state index in [-0.39, 0.29) is 5.91 Å². The number of aryl methyl sites for hydroxylation is 1. The van der Waals surface area contributed by atoms with Crippen molar-refractivity contribution in [2.24, 2.45) is 0 Å². The van der Waals surface area contributed by atoms with Gasteiger partial charge in [0.25, 0.3) is 0 Å². The van der Waals surface area contributed by atoms with Gasteiger partial charge in [-0.15, -0.1) is 0 Å². The number of hydrogen-bond acceptors (Lipinski definition) is 2. The Morgan fingerprint density at radius 2 is 1.82 bits per heavy atom. The molecule has 3 aromatic rings. The maximum Gasteiger partial charge on any atom is 0.224 e. The van der Waals surface area contributed by atoms with Gasteiger partial charge in [-0.25, -0.2) is 0 Å². The first kappa shape index (κ1) is 14.3. The number of fused-ring (bicyclic) bond motifs is 1. The number of rotatable bonds is 5. The lowest BCUT2D eigenvalue weighted by molar-refractivity contribution is -0.116. The number of benzene rings is 2. The van der Waals surface area contributed by atoms with Crippen molar-refractivity contribution < 1.29 is 4.79 Å². The van der Waals surface area contributed by atoms with Crippen LogP contribution < -0.4 is 5.32 Å². The van der Waals surface area contributed by atoms with Gasteiger partial charge in [0.2, 0.25) is 5.91 Å². The van der Waals surface area contributed by atoms with Gasteiger partial charge in [-0.05, 0) is 42.7 Å². The fourth-order valence-electron chi connectivity index (χ4n) is 2.52. The molecule has 0 aliphatic carbocycles. The average molecular weight is 290 g/mol. The third-order valence-electron chi connectivity index (χ3n) is 3.63. The molecule has 22 heavy (non-hydrogen) atoms. The molecule has 3 heteroatoms. The standard InChI is InChI=1S/C19H18N2O/c22-19(13-4-9-15-7-2-1-3-8-15)21-18-12-5-11-17-16(18)10-6-14-20-17/h1-3,5-8,10-12,14H,4,9,13H2,(H,21,22). The highest BCUT2D eigenvalue weighted by atomic mass is 16.1. The van der Waals surface area contributed by atoms with Crippen molar-refractivity contribution in [3.63, 3.8) is 0 Å². The second kappa shape index (κ2) is 6.85. The van der Waals surface area contributed by atoms with Gasteiger partial charge in [-0.2, -0.15) is 0 Å². The summed E-state index contributed by atoms with van der Waals surface area (Å²) in [4.78, 5) is 16.4. The van der Waals surface area contributed by atoms with Gasteiger partial charge in [0.05, 0.1) is 11.2 Å². The van der Waals surface area contributed by atoms with E-state index in [0.29, 0.717) is 6.42 Å². The van der Waals surface area contributed by atoms with Crippen molar-refractivity contribution in [2.75, 3.05) is 5.32 Å². The molecule has 0 bridgehead atoms. The summed E-state index contributed by atoms with van der Waals surface area (Å²) in [5.74, 6) is 0.0484. The zero-order chi connectivity index (χ0) is 15.2. The Hall–Kier alpha value is -2.68. The number of carbonyl (C=O) groups is 1. The first-order valence-electron chi connectivity index (χ1n) is 7.50. The number of pyridine rings is 1. The Morgan fingerprint density at radius 3 is 2.68 bits per heavy atom. The van der Waals surface area contributed by atoms with Crippen molar-refractivity contribution in [3.05, 3.63) is 72.4 Å². The number of hydrogen-bond donors (Lipinski definition) is 1. The van der Waals surface area contributed by atoms with E-state index < -0.39 is 0 Å². The van der Waals surface area contributed by atoms with Crippen molar-refractivity contribution in [1.29, 1.82) is 0 Å². The third kappa shape index (κ3) is 3.50. The van der Waals surface area contributed by atoms with Gasteiger partial charge in [-0.1, -0.05) is 36.4 Å². The third-order valence-corrected chi connectivity index (χ3v) is 3.63. The van der Waals surface area contributed by atoms with Crippen molar-refractivity contribution in [2.45, 2.75) is 19.3 Å². The van der Waals surface area contributed by atoms with Crippen LogP contribution in [0, 0.1) is 0 Å². The van der Waals surface area contributed by atoms with E-state index in [1.54, 1.807) is 6.20 Å². The molecule has 0 fully saturated rings. The fraction of sp³-hybridized carbons (Fsp3) is 0.158. The number of nitrogens with one attached hydrogen (secondary N) is 1.